The molecule has 0 spiro atoms. The van der Waals surface area contributed by atoms with Gasteiger partial charge in [-0.25, -0.2) is 0 Å². The molecule has 2 aliphatic heterocycles. The Kier molecular flexibility index (Phi) is 6.42. The summed E-state index contributed by atoms with van der Waals surface area (Å²) in [6, 6.07) is 26.2. The van der Waals surface area contributed by atoms with Crippen molar-refractivity contribution in [2.24, 2.45) is 0 Å². The quantitative estimate of drug-likeness (QED) is 0.244. The molecule has 4 aromatic carbocycles. The van der Waals surface area contributed by atoms with E-state index in [2.05, 4.69) is 88.4 Å². The summed E-state index contributed by atoms with van der Waals surface area (Å²) in [7, 11) is -4.47. The van der Waals surface area contributed by atoms with Crippen molar-refractivity contribution in [1.82, 2.24) is 0 Å². The summed E-state index contributed by atoms with van der Waals surface area (Å²) in [5.41, 5.74) is 2.29. The fourth-order valence-electron chi connectivity index (χ4n) is 6.81. The number of ether oxygens (including phenoxy) is 2. The van der Waals surface area contributed by atoms with E-state index in [1.165, 1.54) is 31.9 Å². The van der Waals surface area contributed by atoms with Crippen LogP contribution in [0.15, 0.2) is 60.7 Å². The smallest absolute Gasteiger partial charge is 0.232 e. The molecule has 198 valence electrons. The van der Waals surface area contributed by atoms with Crippen molar-refractivity contribution in [1.29, 1.82) is 0 Å². The maximum absolute atomic E-state index is 6.70. The molecule has 0 saturated carbocycles. The van der Waals surface area contributed by atoms with Crippen molar-refractivity contribution in [3.8, 4) is 22.6 Å². The Morgan fingerprint density at radius 3 is 1.32 bits per heavy atom. The van der Waals surface area contributed by atoms with Gasteiger partial charge in [0.2, 0.25) is 16.6 Å². The molecule has 0 aliphatic carbocycles. The van der Waals surface area contributed by atoms with Gasteiger partial charge in [0, 0.05) is 21.5 Å². The Bertz CT molecular complexity index is 1410. The fraction of sp³-hybridized carbons (Fsp3) is 0.375. The maximum atomic E-state index is 6.70. The minimum atomic E-state index is -2.24. The third-order valence-corrected chi connectivity index (χ3v) is 17.7. The second kappa shape index (κ2) is 9.52. The molecule has 4 nitrogen and oxygen atoms in total. The average Bonchev–Trinajstić information content (AvgIpc) is 2.94. The van der Waals surface area contributed by atoms with Gasteiger partial charge in [-0.15, -0.1) is 0 Å². The van der Waals surface area contributed by atoms with Gasteiger partial charge in [0.25, 0.3) is 0 Å². The first-order chi connectivity index (χ1) is 18.4. The SMILES string of the molecule is CC[Si]1(CC)OC(C)Oc2c1cc1ccccc1c2-c1c2c(cc3ccccc13)[Si](CC)(CC)OC(C)O2. The molecule has 0 saturated heterocycles. The highest BCUT2D eigenvalue weighted by Crippen LogP contribution is 2.49. The molecule has 0 fully saturated rings. The highest BCUT2D eigenvalue weighted by molar-refractivity contribution is 6.88. The predicted octanol–water partition coefficient (Wildman–Crippen LogP) is 7.55. The van der Waals surface area contributed by atoms with Gasteiger partial charge < -0.3 is 18.3 Å². The van der Waals surface area contributed by atoms with Gasteiger partial charge in [-0.05, 0) is 71.7 Å². The summed E-state index contributed by atoms with van der Waals surface area (Å²) >= 11 is 0. The van der Waals surface area contributed by atoms with E-state index in [0.717, 1.165) is 46.8 Å². The molecule has 0 bridgehead atoms. The largest absolute Gasteiger partial charge is 0.466 e. The van der Waals surface area contributed by atoms with Gasteiger partial charge in [0.15, 0.2) is 12.6 Å². The molecule has 4 aromatic rings. The van der Waals surface area contributed by atoms with Crippen LogP contribution in [0.3, 0.4) is 0 Å². The highest BCUT2D eigenvalue weighted by atomic mass is 28.4. The fourth-order valence-corrected chi connectivity index (χ4v) is 13.7. The molecule has 6 heteroatoms. The van der Waals surface area contributed by atoms with Crippen LogP contribution in [0.25, 0.3) is 32.7 Å². The van der Waals surface area contributed by atoms with Crippen molar-refractivity contribution < 1.29 is 18.3 Å². The summed E-state index contributed by atoms with van der Waals surface area (Å²) < 4.78 is 26.8. The zero-order valence-corrected chi connectivity index (χ0v) is 25.4. The van der Waals surface area contributed by atoms with Gasteiger partial charge in [-0.2, -0.15) is 0 Å². The van der Waals surface area contributed by atoms with Crippen LogP contribution in [-0.2, 0) is 8.85 Å². The van der Waals surface area contributed by atoms with Crippen LogP contribution in [0.4, 0.5) is 0 Å². The second-order valence-corrected chi connectivity index (χ2v) is 19.1. The molecular weight excluding hydrogens is 505 g/mol. The van der Waals surface area contributed by atoms with E-state index >= 15 is 0 Å². The zero-order chi connectivity index (χ0) is 26.7. The van der Waals surface area contributed by atoms with E-state index < -0.39 is 16.6 Å². The molecular formula is C32H38O4Si2. The standard InChI is InChI=1S/C32H38O4Si2/c1-7-37(8-2)27-19-23-15-11-13-17-25(23)29(31(27)33-21(5)35-37)30-26-18-14-12-16-24(26)20-28-32(30)34-22(6)36-38(28,9-3)10-4/h11-22H,7-10H2,1-6H3. The molecule has 2 atom stereocenters. The summed E-state index contributed by atoms with van der Waals surface area (Å²) in [6.45, 7) is 13.2. The first kappa shape index (κ1) is 25.6. The number of hydrogen-bond donors (Lipinski definition) is 0. The van der Waals surface area contributed by atoms with Crippen molar-refractivity contribution in [3.63, 3.8) is 0 Å². The Hall–Kier alpha value is -2.65. The Morgan fingerprint density at radius 2 is 0.947 bits per heavy atom. The maximum Gasteiger partial charge on any atom is 0.232 e. The van der Waals surface area contributed by atoms with Gasteiger partial charge >= 0.3 is 0 Å². The zero-order valence-electron chi connectivity index (χ0n) is 23.4. The van der Waals surface area contributed by atoms with Crippen LogP contribution in [0.5, 0.6) is 11.5 Å². The van der Waals surface area contributed by atoms with E-state index in [9.17, 15) is 0 Å². The van der Waals surface area contributed by atoms with Crippen LogP contribution in [0.1, 0.15) is 41.5 Å². The average molecular weight is 543 g/mol. The third-order valence-electron chi connectivity index (χ3n) is 8.87. The Labute approximate surface area is 228 Å². The number of benzene rings is 4. The molecule has 0 radical (unpaired) electrons. The van der Waals surface area contributed by atoms with Gasteiger partial charge in [0.05, 0.1) is 0 Å². The van der Waals surface area contributed by atoms with Gasteiger partial charge in [0.1, 0.15) is 11.5 Å². The van der Waals surface area contributed by atoms with Crippen molar-refractivity contribution in [3.05, 3.63) is 60.7 Å². The lowest BCUT2D eigenvalue weighted by Crippen LogP contribution is -2.57. The van der Waals surface area contributed by atoms with Crippen LogP contribution in [0, 0.1) is 0 Å². The molecule has 0 amide bonds. The highest BCUT2D eigenvalue weighted by Gasteiger charge is 2.46. The minimum Gasteiger partial charge on any atom is -0.466 e. The molecule has 0 N–H and O–H groups in total. The molecule has 38 heavy (non-hydrogen) atoms. The number of fused-ring (bicyclic) bond motifs is 4. The number of rotatable bonds is 5. The lowest BCUT2D eigenvalue weighted by Gasteiger charge is -2.42. The predicted molar refractivity (Wildman–Crippen MR) is 162 cm³/mol. The van der Waals surface area contributed by atoms with Crippen LogP contribution >= 0.6 is 0 Å². The minimum absolute atomic E-state index is 0.289. The van der Waals surface area contributed by atoms with Crippen LogP contribution in [-0.4, -0.2) is 29.2 Å². The normalized spacial score (nSPS) is 21.4. The molecule has 2 aliphatic rings. The first-order valence-corrected chi connectivity index (χ1v) is 18.9. The van der Waals surface area contributed by atoms with Crippen LogP contribution < -0.4 is 19.8 Å². The number of hydrogen-bond acceptors (Lipinski definition) is 4. The van der Waals surface area contributed by atoms with E-state index in [4.69, 9.17) is 18.3 Å². The van der Waals surface area contributed by atoms with E-state index in [-0.39, 0.29) is 12.6 Å². The summed E-state index contributed by atoms with van der Waals surface area (Å²) in [5, 5.41) is 7.36. The van der Waals surface area contributed by atoms with Crippen molar-refractivity contribution in [2.75, 3.05) is 0 Å². The molecule has 0 aromatic heterocycles. The molecule has 2 heterocycles. The van der Waals surface area contributed by atoms with E-state index in [0.29, 0.717) is 0 Å². The van der Waals surface area contributed by atoms with Crippen LogP contribution in [0.2, 0.25) is 24.2 Å². The van der Waals surface area contributed by atoms with Gasteiger partial charge in [-0.1, -0.05) is 76.2 Å². The topological polar surface area (TPSA) is 36.9 Å². The third kappa shape index (κ3) is 3.68. The van der Waals surface area contributed by atoms with E-state index in [1.54, 1.807) is 0 Å². The first-order valence-electron chi connectivity index (χ1n) is 14.2. The Morgan fingerprint density at radius 1 is 0.579 bits per heavy atom. The monoisotopic (exact) mass is 542 g/mol. The molecule has 2 unspecified atom stereocenters. The summed E-state index contributed by atoms with van der Waals surface area (Å²) in [5.74, 6) is 1.97. The summed E-state index contributed by atoms with van der Waals surface area (Å²) in [6.07, 6.45) is -0.578. The molecule has 6 rings (SSSR count). The second-order valence-electron chi connectivity index (χ2n) is 10.7. The Balaban J connectivity index is 1.82. The van der Waals surface area contributed by atoms with Gasteiger partial charge in [-0.3, -0.25) is 0 Å². The van der Waals surface area contributed by atoms with E-state index in [1.807, 2.05) is 13.8 Å². The lowest BCUT2D eigenvalue weighted by molar-refractivity contribution is 0.00569. The van der Waals surface area contributed by atoms with Crippen molar-refractivity contribution in [2.45, 2.75) is 78.3 Å². The van der Waals surface area contributed by atoms with Crippen molar-refractivity contribution >= 4 is 48.6 Å². The summed E-state index contributed by atoms with van der Waals surface area (Å²) in [4.78, 5) is 0. The lowest BCUT2D eigenvalue weighted by atomic mass is 9.92.